The number of anilines is 1. The van der Waals surface area contributed by atoms with E-state index in [0.717, 1.165) is 75.1 Å². The number of pyridine rings is 1. The lowest BCUT2D eigenvalue weighted by atomic mass is 10.1. The second-order valence-electron chi connectivity index (χ2n) is 10.7. The molecule has 2 aliphatic carbocycles. The van der Waals surface area contributed by atoms with Gasteiger partial charge >= 0.3 is 12.1 Å². The van der Waals surface area contributed by atoms with Gasteiger partial charge in [0.2, 0.25) is 0 Å². The fraction of sp³-hybridized carbons (Fsp3) is 0.552. The quantitative estimate of drug-likeness (QED) is 0.348. The molecule has 1 amide bonds. The first-order valence-electron chi connectivity index (χ1n) is 13.9. The number of alkyl carbamates (subject to hydrolysis) is 1. The second kappa shape index (κ2) is 12.1. The molecule has 0 radical (unpaired) electrons. The van der Waals surface area contributed by atoms with Crippen molar-refractivity contribution in [2.75, 3.05) is 25.0 Å². The van der Waals surface area contributed by atoms with Crippen molar-refractivity contribution in [2.24, 2.45) is 0 Å². The van der Waals surface area contributed by atoms with Crippen LogP contribution in [0.25, 0.3) is 0 Å². The van der Waals surface area contributed by atoms with Gasteiger partial charge in [-0.15, -0.1) is 0 Å². The number of fused-ring (bicyclic) bond motifs is 2. The molecular formula is C29H37FN4O4. The number of hydrogen-bond donors (Lipinski definition) is 3. The molecule has 2 atom stereocenters. The fourth-order valence-electron chi connectivity index (χ4n) is 5.56. The number of halogens is 1. The maximum absolute atomic E-state index is 13.6. The molecule has 204 valence electrons. The van der Waals surface area contributed by atoms with Gasteiger partial charge in [0.15, 0.2) is 0 Å². The van der Waals surface area contributed by atoms with Crippen LogP contribution in [-0.4, -0.2) is 58.8 Å². The summed E-state index contributed by atoms with van der Waals surface area (Å²) in [5.74, 6) is -0.426. The molecule has 0 spiro atoms. The third-order valence-electron chi connectivity index (χ3n) is 7.82. The molecule has 1 aliphatic heterocycles. The highest BCUT2D eigenvalue weighted by Gasteiger charge is 2.31. The van der Waals surface area contributed by atoms with E-state index in [9.17, 15) is 19.1 Å². The Labute approximate surface area is 223 Å². The van der Waals surface area contributed by atoms with E-state index in [1.54, 1.807) is 6.07 Å². The van der Waals surface area contributed by atoms with Crippen molar-refractivity contribution in [1.82, 2.24) is 15.2 Å². The van der Waals surface area contributed by atoms with Crippen LogP contribution in [0.15, 0.2) is 30.3 Å². The number of aromatic nitrogens is 1. The van der Waals surface area contributed by atoms with Crippen LogP contribution in [-0.2, 0) is 28.8 Å². The van der Waals surface area contributed by atoms with Crippen LogP contribution in [0.1, 0.15) is 73.4 Å². The zero-order valence-corrected chi connectivity index (χ0v) is 21.8. The van der Waals surface area contributed by atoms with Crippen LogP contribution in [0.2, 0.25) is 0 Å². The summed E-state index contributed by atoms with van der Waals surface area (Å²) in [7, 11) is 0. The number of ether oxygens (including phenoxy) is 1. The Bertz CT molecular complexity index is 1160. The zero-order valence-electron chi connectivity index (χ0n) is 21.8. The van der Waals surface area contributed by atoms with Crippen LogP contribution in [0, 0.1) is 5.82 Å². The number of aliphatic carboxylic acids is 1. The average Bonchev–Trinajstić information content (AvgIpc) is 3.69. The summed E-state index contributed by atoms with van der Waals surface area (Å²) in [4.78, 5) is 31.5. The van der Waals surface area contributed by atoms with Crippen molar-refractivity contribution in [3.05, 3.63) is 58.5 Å². The van der Waals surface area contributed by atoms with Crippen LogP contribution < -0.4 is 10.6 Å². The molecule has 3 aliphatic rings. The van der Waals surface area contributed by atoms with Gasteiger partial charge in [-0.3, -0.25) is 0 Å². The van der Waals surface area contributed by atoms with Crippen LogP contribution in [0.4, 0.5) is 15.0 Å². The number of nitrogens with zero attached hydrogens (tertiary/aromatic N) is 2. The number of carbonyl (C=O) groups excluding carboxylic acids is 1. The Morgan fingerprint density at radius 3 is 2.79 bits per heavy atom. The monoisotopic (exact) mass is 524 g/mol. The Balaban J connectivity index is 1.07. The highest BCUT2D eigenvalue weighted by molar-refractivity contribution is 5.80. The SMILES string of the molecule is O=C(NC(CCN(CCCCc1ccc2c(n1)NCCC2)C1CC1)C(=O)O)OC1CCc2ccc(F)cc21. The van der Waals surface area contributed by atoms with Crippen LogP contribution >= 0.6 is 0 Å². The summed E-state index contributed by atoms with van der Waals surface area (Å²) in [6.07, 6.45) is 7.68. The van der Waals surface area contributed by atoms with E-state index in [2.05, 4.69) is 27.7 Å². The lowest BCUT2D eigenvalue weighted by Gasteiger charge is -2.24. The van der Waals surface area contributed by atoms with E-state index in [1.807, 2.05) is 0 Å². The lowest BCUT2D eigenvalue weighted by Crippen LogP contribution is -2.44. The topological polar surface area (TPSA) is 104 Å². The molecular weight excluding hydrogens is 487 g/mol. The highest BCUT2D eigenvalue weighted by atomic mass is 19.1. The van der Waals surface area contributed by atoms with E-state index in [1.165, 1.54) is 17.7 Å². The minimum atomic E-state index is -1.08. The van der Waals surface area contributed by atoms with E-state index < -0.39 is 24.2 Å². The normalized spacial score (nSPS) is 18.8. The minimum absolute atomic E-state index is 0.300. The third kappa shape index (κ3) is 6.81. The molecule has 3 N–H and O–H groups in total. The maximum atomic E-state index is 13.6. The van der Waals surface area contributed by atoms with Crippen molar-refractivity contribution < 1.29 is 23.8 Å². The van der Waals surface area contributed by atoms with Gasteiger partial charge in [0.1, 0.15) is 23.8 Å². The van der Waals surface area contributed by atoms with Crippen molar-refractivity contribution in [1.29, 1.82) is 0 Å². The molecule has 9 heteroatoms. The molecule has 2 aromatic rings. The van der Waals surface area contributed by atoms with Crippen molar-refractivity contribution >= 4 is 17.9 Å². The summed E-state index contributed by atoms with van der Waals surface area (Å²) in [5, 5.41) is 15.6. The van der Waals surface area contributed by atoms with Gasteiger partial charge in [0.05, 0.1) is 0 Å². The molecule has 1 fully saturated rings. The molecule has 2 unspecified atom stereocenters. The molecule has 1 aromatic carbocycles. The van der Waals surface area contributed by atoms with Gasteiger partial charge < -0.3 is 25.4 Å². The Kier molecular flexibility index (Phi) is 8.42. The number of benzene rings is 1. The number of nitrogens with one attached hydrogen (secondary N) is 2. The Morgan fingerprint density at radius 1 is 1.13 bits per heavy atom. The summed E-state index contributed by atoms with van der Waals surface area (Å²) in [6.45, 7) is 2.48. The molecule has 1 saturated carbocycles. The number of unbranched alkanes of at least 4 members (excludes halogenated alkanes) is 1. The molecule has 8 nitrogen and oxygen atoms in total. The van der Waals surface area contributed by atoms with Gasteiger partial charge in [0.25, 0.3) is 0 Å². The van der Waals surface area contributed by atoms with Crippen molar-refractivity contribution in [2.45, 2.75) is 82.4 Å². The zero-order chi connectivity index (χ0) is 26.5. The number of rotatable bonds is 12. The predicted molar refractivity (Wildman–Crippen MR) is 142 cm³/mol. The first-order chi connectivity index (χ1) is 18.5. The van der Waals surface area contributed by atoms with E-state index >= 15 is 0 Å². The van der Waals surface area contributed by atoms with Crippen molar-refractivity contribution in [3.63, 3.8) is 0 Å². The summed E-state index contributed by atoms with van der Waals surface area (Å²) < 4.78 is 19.1. The number of carboxylic acids is 1. The van der Waals surface area contributed by atoms with Crippen LogP contribution in [0.5, 0.6) is 0 Å². The number of carboxylic acid groups (broad SMARTS) is 1. The number of aryl methyl sites for hydroxylation is 3. The number of hydrogen-bond acceptors (Lipinski definition) is 6. The predicted octanol–water partition coefficient (Wildman–Crippen LogP) is 4.62. The van der Waals surface area contributed by atoms with Gasteiger partial charge in [-0.1, -0.05) is 12.1 Å². The number of amides is 1. The molecule has 2 heterocycles. The summed E-state index contributed by atoms with van der Waals surface area (Å²) >= 11 is 0. The van der Waals surface area contributed by atoms with E-state index in [-0.39, 0.29) is 5.82 Å². The fourth-order valence-corrected chi connectivity index (χ4v) is 5.56. The van der Waals surface area contributed by atoms with E-state index in [4.69, 9.17) is 9.72 Å². The Morgan fingerprint density at radius 2 is 1.97 bits per heavy atom. The molecule has 0 saturated heterocycles. The smallest absolute Gasteiger partial charge is 0.408 e. The Hall–Kier alpha value is -3.20. The largest absolute Gasteiger partial charge is 0.480 e. The molecule has 0 bridgehead atoms. The van der Waals surface area contributed by atoms with Crippen LogP contribution in [0.3, 0.4) is 0 Å². The highest BCUT2D eigenvalue weighted by Crippen LogP contribution is 2.34. The van der Waals surface area contributed by atoms with Gasteiger partial charge in [-0.05, 0) is 106 Å². The molecule has 38 heavy (non-hydrogen) atoms. The standard InChI is InChI=1S/C29H37FN4O4/c30-21-9-6-19-8-13-26(24(19)18-21)38-29(37)33-25(28(35)36)14-17-34(23-11-12-23)16-2-1-5-22-10-7-20-4-3-15-31-27(20)32-22/h6-7,9-10,18,23,25-26H,1-5,8,11-17H2,(H,31,32)(H,33,37)(H,35,36). The first-order valence-corrected chi connectivity index (χ1v) is 13.9. The van der Waals surface area contributed by atoms with Gasteiger partial charge in [0, 0.05) is 24.8 Å². The maximum Gasteiger partial charge on any atom is 0.408 e. The average molecular weight is 525 g/mol. The number of carbonyl (C=O) groups is 2. The third-order valence-corrected chi connectivity index (χ3v) is 7.82. The summed E-state index contributed by atoms with van der Waals surface area (Å²) in [5.41, 5.74) is 4.02. The molecule has 1 aromatic heterocycles. The van der Waals surface area contributed by atoms with Gasteiger partial charge in [-0.2, -0.15) is 0 Å². The van der Waals surface area contributed by atoms with Gasteiger partial charge in [-0.25, -0.2) is 19.0 Å². The molecule has 5 rings (SSSR count). The minimum Gasteiger partial charge on any atom is -0.480 e. The lowest BCUT2D eigenvalue weighted by molar-refractivity contribution is -0.139. The summed E-state index contributed by atoms with van der Waals surface area (Å²) in [6, 6.07) is 8.27. The second-order valence-corrected chi connectivity index (χ2v) is 10.7. The first kappa shape index (κ1) is 26.4. The van der Waals surface area contributed by atoms with Crippen molar-refractivity contribution in [3.8, 4) is 0 Å². The van der Waals surface area contributed by atoms with E-state index in [0.29, 0.717) is 37.4 Å².